The molecule has 0 saturated carbocycles. The minimum atomic E-state index is 0.602. The Kier molecular flexibility index (Phi) is 6.99. The van der Waals surface area contributed by atoms with Gasteiger partial charge in [-0.15, -0.1) is 0 Å². The summed E-state index contributed by atoms with van der Waals surface area (Å²) in [4.78, 5) is 8.36. The van der Waals surface area contributed by atoms with Gasteiger partial charge in [-0.1, -0.05) is 60.5 Å². The number of likely N-dealkylation sites (tertiary alicyclic amines) is 1. The van der Waals surface area contributed by atoms with E-state index in [1.807, 2.05) is 24.3 Å². The van der Waals surface area contributed by atoms with E-state index >= 15 is 0 Å². The Labute approximate surface area is 179 Å². The van der Waals surface area contributed by atoms with Gasteiger partial charge in [0, 0.05) is 17.7 Å². The average molecular weight is 403 g/mol. The molecule has 4 nitrogen and oxygen atoms in total. The van der Waals surface area contributed by atoms with Crippen LogP contribution in [0.2, 0.25) is 0 Å². The smallest absolute Gasteiger partial charge is 0.129 e. The molecule has 0 radical (unpaired) electrons. The first-order chi connectivity index (χ1) is 14.8. The molecule has 0 amide bonds. The molecule has 0 bridgehead atoms. The van der Waals surface area contributed by atoms with Crippen LogP contribution in [0.5, 0.6) is 5.75 Å². The molecule has 0 spiro atoms. The van der Waals surface area contributed by atoms with Crippen LogP contribution < -0.4 is 4.74 Å². The van der Waals surface area contributed by atoms with Gasteiger partial charge in [0.25, 0.3) is 0 Å². The number of oxime groups is 1. The van der Waals surface area contributed by atoms with Crippen LogP contribution in [0, 0.1) is 0 Å². The summed E-state index contributed by atoms with van der Waals surface area (Å²) in [7, 11) is 1.68. The summed E-state index contributed by atoms with van der Waals surface area (Å²) in [6.45, 7) is 3.86. The van der Waals surface area contributed by atoms with Crippen molar-refractivity contribution in [1.82, 2.24) is 4.90 Å². The zero-order chi connectivity index (χ0) is 20.6. The molecule has 30 heavy (non-hydrogen) atoms. The molecule has 1 saturated heterocycles. The zero-order valence-corrected chi connectivity index (χ0v) is 17.7. The van der Waals surface area contributed by atoms with Crippen LogP contribution in [0.3, 0.4) is 0 Å². The van der Waals surface area contributed by atoms with Gasteiger partial charge >= 0.3 is 0 Å². The largest absolute Gasteiger partial charge is 0.497 e. The fourth-order valence-corrected chi connectivity index (χ4v) is 4.08. The van der Waals surface area contributed by atoms with Crippen molar-refractivity contribution in [2.75, 3.05) is 33.4 Å². The van der Waals surface area contributed by atoms with Crippen molar-refractivity contribution in [3.05, 3.63) is 77.9 Å². The lowest BCUT2D eigenvalue weighted by atomic mass is 9.96. The first-order valence-electron chi connectivity index (χ1n) is 10.9. The summed E-state index contributed by atoms with van der Waals surface area (Å²) in [5.41, 5.74) is 2.94. The lowest BCUT2D eigenvalue weighted by Gasteiger charge is -2.18. The molecule has 3 aromatic carbocycles. The zero-order valence-electron chi connectivity index (χ0n) is 17.7. The fraction of sp³-hybridized carbons (Fsp3) is 0.346. The summed E-state index contributed by atoms with van der Waals surface area (Å²) in [5, 5.41) is 6.99. The Balaban J connectivity index is 1.59. The summed E-state index contributed by atoms with van der Waals surface area (Å²) in [5.74, 6) is 0.832. The highest BCUT2D eigenvalue weighted by Gasteiger charge is 2.13. The average Bonchev–Trinajstić information content (AvgIpc) is 3.08. The fourth-order valence-electron chi connectivity index (χ4n) is 4.08. The van der Waals surface area contributed by atoms with E-state index in [2.05, 4.69) is 52.5 Å². The number of fused-ring (bicyclic) bond motifs is 1. The van der Waals surface area contributed by atoms with Gasteiger partial charge in [0.05, 0.1) is 7.11 Å². The lowest BCUT2D eigenvalue weighted by molar-refractivity contribution is 0.112. The first-order valence-corrected chi connectivity index (χ1v) is 10.9. The van der Waals surface area contributed by atoms with Crippen molar-refractivity contribution < 1.29 is 9.57 Å². The molecular weight excluding hydrogens is 372 g/mol. The topological polar surface area (TPSA) is 34.1 Å². The number of hydrogen-bond donors (Lipinski definition) is 0. The molecule has 0 aliphatic carbocycles. The Hall–Kier alpha value is -2.85. The maximum Gasteiger partial charge on any atom is 0.129 e. The highest BCUT2D eigenvalue weighted by molar-refractivity contribution is 6.19. The van der Waals surface area contributed by atoms with E-state index < -0.39 is 0 Å². The van der Waals surface area contributed by atoms with Crippen LogP contribution in [-0.2, 0) is 4.84 Å². The van der Waals surface area contributed by atoms with E-state index in [0.29, 0.717) is 6.61 Å². The third kappa shape index (κ3) is 5.00. The number of methoxy groups -OCH3 is 1. The third-order valence-corrected chi connectivity index (χ3v) is 5.76. The Morgan fingerprint density at radius 2 is 1.60 bits per heavy atom. The van der Waals surface area contributed by atoms with E-state index in [0.717, 1.165) is 29.1 Å². The van der Waals surface area contributed by atoms with Crippen molar-refractivity contribution in [1.29, 1.82) is 0 Å². The van der Waals surface area contributed by atoms with Crippen molar-refractivity contribution in [2.45, 2.75) is 25.7 Å². The van der Waals surface area contributed by atoms with Crippen molar-refractivity contribution in [3.63, 3.8) is 0 Å². The van der Waals surface area contributed by atoms with Crippen LogP contribution in [0.4, 0.5) is 0 Å². The summed E-state index contributed by atoms with van der Waals surface area (Å²) in [6, 6.07) is 22.7. The van der Waals surface area contributed by atoms with Gasteiger partial charge in [0.2, 0.25) is 0 Å². The maximum atomic E-state index is 5.87. The molecule has 156 valence electrons. The van der Waals surface area contributed by atoms with Gasteiger partial charge < -0.3 is 9.57 Å². The molecule has 1 aliphatic rings. The molecule has 0 N–H and O–H groups in total. The van der Waals surface area contributed by atoms with Gasteiger partial charge in [-0.2, -0.15) is 0 Å². The molecule has 1 heterocycles. The van der Waals surface area contributed by atoms with Crippen LogP contribution >= 0.6 is 0 Å². The van der Waals surface area contributed by atoms with Gasteiger partial charge in [-0.25, -0.2) is 0 Å². The quantitative estimate of drug-likeness (QED) is 0.298. The monoisotopic (exact) mass is 402 g/mol. The summed E-state index contributed by atoms with van der Waals surface area (Å²) in [6.07, 6.45) is 5.27. The van der Waals surface area contributed by atoms with Gasteiger partial charge in [0.1, 0.15) is 18.1 Å². The number of benzene rings is 3. The number of hydrogen-bond acceptors (Lipinski definition) is 4. The third-order valence-electron chi connectivity index (χ3n) is 5.76. The normalized spacial score (nSPS) is 15.7. The summed E-state index contributed by atoms with van der Waals surface area (Å²) >= 11 is 0. The van der Waals surface area contributed by atoms with Gasteiger partial charge in [0.15, 0.2) is 0 Å². The molecule has 0 atom stereocenters. The SMILES string of the molecule is COc1ccc(/C(=N/OCCN2CCCCCC2)c2cccc3ccccc23)cc1. The van der Waals surface area contributed by atoms with Crippen molar-refractivity contribution >= 4 is 16.5 Å². The molecule has 4 rings (SSSR count). The number of rotatable bonds is 7. The number of nitrogens with zero attached hydrogens (tertiary/aromatic N) is 2. The molecular formula is C26H30N2O2. The van der Waals surface area contributed by atoms with E-state index in [1.54, 1.807) is 7.11 Å². The molecule has 4 heteroatoms. The minimum Gasteiger partial charge on any atom is -0.497 e. The second-order valence-corrected chi connectivity index (χ2v) is 7.78. The van der Waals surface area contributed by atoms with Crippen LogP contribution in [0.15, 0.2) is 71.9 Å². The molecule has 3 aromatic rings. The van der Waals surface area contributed by atoms with Gasteiger partial charge in [-0.3, -0.25) is 4.90 Å². The van der Waals surface area contributed by atoms with Crippen molar-refractivity contribution in [3.8, 4) is 5.75 Å². The van der Waals surface area contributed by atoms with E-state index in [4.69, 9.17) is 9.57 Å². The predicted molar refractivity (Wildman–Crippen MR) is 123 cm³/mol. The highest BCUT2D eigenvalue weighted by atomic mass is 16.6. The lowest BCUT2D eigenvalue weighted by Crippen LogP contribution is -2.28. The summed E-state index contributed by atoms with van der Waals surface area (Å²) < 4.78 is 5.32. The predicted octanol–water partition coefficient (Wildman–Crippen LogP) is 5.49. The molecule has 1 fully saturated rings. The van der Waals surface area contributed by atoms with Crippen LogP contribution in [0.25, 0.3) is 10.8 Å². The highest BCUT2D eigenvalue weighted by Crippen LogP contribution is 2.23. The Bertz CT molecular complexity index is 968. The van der Waals surface area contributed by atoms with E-state index in [9.17, 15) is 0 Å². The standard InChI is InChI=1S/C26H30N2O2/c1-29-23-15-13-22(14-16-23)26(25-12-8-10-21-9-4-5-11-24(21)25)27-30-20-19-28-17-6-2-3-7-18-28/h4-5,8-16H,2-3,6-7,17-20H2,1H3/b27-26-. The molecule has 0 unspecified atom stereocenters. The second-order valence-electron chi connectivity index (χ2n) is 7.78. The van der Waals surface area contributed by atoms with Crippen molar-refractivity contribution in [2.24, 2.45) is 5.16 Å². The second kappa shape index (κ2) is 10.3. The number of ether oxygens (including phenoxy) is 1. The molecule has 0 aromatic heterocycles. The van der Waals surface area contributed by atoms with Crippen LogP contribution in [-0.4, -0.2) is 44.0 Å². The minimum absolute atomic E-state index is 0.602. The van der Waals surface area contributed by atoms with Gasteiger partial charge in [-0.05, 0) is 61.0 Å². The Morgan fingerprint density at radius 3 is 2.37 bits per heavy atom. The Morgan fingerprint density at radius 1 is 0.867 bits per heavy atom. The van der Waals surface area contributed by atoms with E-state index in [-0.39, 0.29) is 0 Å². The van der Waals surface area contributed by atoms with E-state index in [1.165, 1.54) is 49.5 Å². The first kappa shape index (κ1) is 20.4. The maximum absolute atomic E-state index is 5.87. The molecule has 1 aliphatic heterocycles. The van der Waals surface area contributed by atoms with Crippen LogP contribution in [0.1, 0.15) is 36.8 Å².